The summed E-state index contributed by atoms with van der Waals surface area (Å²) in [5, 5.41) is 7.48. The first kappa shape index (κ1) is 19.7. The third kappa shape index (κ3) is 5.98. The first-order valence-electron chi connectivity index (χ1n) is 8.48. The van der Waals surface area contributed by atoms with Crippen LogP contribution >= 0.6 is 0 Å². The molecule has 1 atom stereocenters. The zero-order valence-corrected chi connectivity index (χ0v) is 15.9. The van der Waals surface area contributed by atoms with Crippen LogP contribution in [-0.2, 0) is 21.8 Å². The predicted molar refractivity (Wildman–Crippen MR) is 96.9 cm³/mol. The number of hydrogen-bond donors (Lipinski definition) is 2. The molecule has 142 valence electrons. The van der Waals surface area contributed by atoms with Crippen molar-refractivity contribution >= 4 is 16.0 Å². The number of nitrogens with zero attached hydrogens (tertiary/aromatic N) is 4. The fourth-order valence-electron chi connectivity index (χ4n) is 2.60. The van der Waals surface area contributed by atoms with Crippen LogP contribution in [0.3, 0.4) is 0 Å². The highest BCUT2D eigenvalue weighted by Gasteiger charge is 2.24. The zero-order valence-electron chi connectivity index (χ0n) is 15.1. The smallest absolute Gasteiger partial charge is 0.211 e. The molecule has 0 aliphatic carbocycles. The van der Waals surface area contributed by atoms with E-state index in [0.29, 0.717) is 32.7 Å². The minimum atomic E-state index is -3.13. The van der Waals surface area contributed by atoms with E-state index in [1.165, 1.54) is 0 Å². The molecule has 25 heavy (non-hydrogen) atoms. The van der Waals surface area contributed by atoms with Crippen molar-refractivity contribution in [2.24, 2.45) is 12.0 Å². The molecule has 2 N–H and O–H groups in total. The lowest BCUT2D eigenvalue weighted by atomic mass is 10.1. The summed E-state index contributed by atoms with van der Waals surface area (Å²) >= 11 is 0. The van der Waals surface area contributed by atoms with E-state index in [-0.39, 0.29) is 11.9 Å². The maximum absolute atomic E-state index is 11.4. The molecule has 9 nitrogen and oxygen atoms in total. The van der Waals surface area contributed by atoms with E-state index in [1.807, 2.05) is 19.4 Å². The maximum atomic E-state index is 11.4. The monoisotopic (exact) mass is 372 g/mol. The molecule has 0 bridgehead atoms. The second-order valence-electron chi connectivity index (χ2n) is 5.88. The highest BCUT2D eigenvalue weighted by molar-refractivity contribution is 7.89. The van der Waals surface area contributed by atoms with Crippen LogP contribution in [0.5, 0.6) is 0 Å². The molecule has 2 heterocycles. The van der Waals surface area contributed by atoms with E-state index < -0.39 is 10.0 Å². The lowest BCUT2D eigenvalue weighted by Gasteiger charge is -2.34. The average Bonchev–Trinajstić information content (AvgIpc) is 3.05. The predicted octanol–water partition coefficient (Wildman–Crippen LogP) is -0.302. The van der Waals surface area contributed by atoms with Crippen molar-refractivity contribution in [3.05, 3.63) is 18.0 Å². The number of morpholine rings is 1. The first-order valence-corrected chi connectivity index (χ1v) is 10.1. The molecule has 1 aromatic rings. The van der Waals surface area contributed by atoms with Gasteiger partial charge in [0.1, 0.15) is 6.10 Å². The third-order valence-electron chi connectivity index (χ3n) is 4.01. The van der Waals surface area contributed by atoms with Gasteiger partial charge in [-0.1, -0.05) is 0 Å². The standard InChI is InChI=1S/C15H28N6O3S/c1-4-25(22,23)19-7-5-6-17-15(16-2)21-8-9-24-14(12-21)13-10-18-20(3)11-13/h10-11,14,19H,4-9,12H2,1-3H3,(H,16,17). The maximum Gasteiger partial charge on any atom is 0.211 e. The van der Waals surface area contributed by atoms with E-state index in [0.717, 1.165) is 18.1 Å². The minimum absolute atomic E-state index is 0.0302. The molecule has 1 fully saturated rings. The number of aromatic nitrogens is 2. The Morgan fingerprint density at radius 1 is 1.48 bits per heavy atom. The number of aliphatic imine (C=N–C) groups is 1. The number of hydrogen-bond acceptors (Lipinski definition) is 5. The van der Waals surface area contributed by atoms with Gasteiger partial charge in [-0.25, -0.2) is 13.1 Å². The number of aryl methyl sites for hydroxylation is 1. The van der Waals surface area contributed by atoms with Crippen molar-refractivity contribution in [2.45, 2.75) is 19.4 Å². The molecule has 10 heteroatoms. The highest BCUT2D eigenvalue weighted by atomic mass is 32.2. The third-order valence-corrected chi connectivity index (χ3v) is 5.42. The number of nitrogens with one attached hydrogen (secondary N) is 2. The summed E-state index contributed by atoms with van der Waals surface area (Å²) in [6.07, 6.45) is 4.44. The summed E-state index contributed by atoms with van der Waals surface area (Å²) in [5.41, 5.74) is 1.05. The van der Waals surface area contributed by atoms with Gasteiger partial charge in [0.15, 0.2) is 5.96 Å². The Balaban J connectivity index is 1.80. The van der Waals surface area contributed by atoms with Crippen molar-refractivity contribution < 1.29 is 13.2 Å². The van der Waals surface area contributed by atoms with Crippen molar-refractivity contribution in [1.82, 2.24) is 24.7 Å². The summed E-state index contributed by atoms with van der Waals surface area (Å²) in [7, 11) is 0.508. The molecule has 0 aromatic carbocycles. The molecular formula is C15H28N6O3S. The Labute approximate surface area is 149 Å². The van der Waals surface area contributed by atoms with E-state index >= 15 is 0 Å². The van der Waals surface area contributed by atoms with Gasteiger partial charge in [0.05, 0.1) is 25.1 Å². The lowest BCUT2D eigenvalue weighted by Crippen LogP contribution is -2.48. The van der Waals surface area contributed by atoms with Crippen molar-refractivity contribution in [1.29, 1.82) is 0 Å². The Morgan fingerprint density at radius 3 is 2.92 bits per heavy atom. The van der Waals surface area contributed by atoms with Gasteiger partial charge in [-0.3, -0.25) is 9.67 Å². The number of ether oxygens (including phenoxy) is 1. The van der Waals surface area contributed by atoms with Gasteiger partial charge in [-0.2, -0.15) is 5.10 Å². The van der Waals surface area contributed by atoms with Crippen LogP contribution in [0.2, 0.25) is 0 Å². The van der Waals surface area contributed by atoms with Crippen LogP contribution in [0.1, 0.15) is 25.0 Å². The van der Waals surface area contributed by atoms with Crippen LogP contribution in [-0.4, -0.2) is 74.6 Å². The summed E-state index contributed by atoms with van der Waals surface area (Å²) in [5.74, 6) is 0.904. The molecule has 1 aliphatic heterocycles. The molecule has 1 saturated heterocycles. The fourth-order valence-corrected chi connectivity index (χ4v) is 3.26. The molecule has 0 saturated carbocycles. The van der Waals surface area contributed by atoms with Gasteiger partial charge in [-0.05, 0) is 13.3 Å². The van der Waals surface area contributed by atoms with Crippen LogP contribution in [0.25, 0.3) is 0 Å². The summed E-state index contributed by atoms with van der Waals surface area (Å²) in [4.78, 5) is 6.47. The van der Waals surface area contributed by atoms with Gasteiger partial charge >= 0.3 is 0 Å². The van der Waals surface area contributed by atoms with E-state index in [9.17, 15) is 8.42 Å². The van der Waals surface area contributed by atoms with Gasteiger partial charge in [-0.15, -0.1) is 0 Å². The Hall–Kier alpha value is -1.65. The molecule has 0 spiro atoms. The topological polar surface area (TPSA) is 101 Å². The van der Waals surface area contributed by atoms with E-state index in [1.54, 1.807) is 18.7 Å². The van der Waals surface area contributed by atoms with Gasteiger partial charge < -0.3 is 15.0 Å². The van der Waals surface area contributed by atoms with Gasteiger partial charge in [0.25, 0.3) is 0 Å². The molecular weight excluding hydrogens is 344 g/mol. The molecule has 2 rings (SSSR count). The van der Waals surface area contributed by atoms with Crippen LogP contribution in [0.15, 0.2) is 17.4 Å². The zero-order chi connectivity index (χ0) is 18.3. The normalized spacial score (nSPS) is 19.2. The quantitative estimate of drug-likeness (QED) is 0.387. The average molecular weight is 372 g/mol. The van der Waals surface area contributed by atoms with E-state index in [4.69, 9.17) is 4.74 Å². The second kappa shape index (κ2) is 9.16. The lowest BCUT2D eigenvalue weighted by molar-refractivity contribution is -0.00801. The molecule has 1 aliphatic rings. The van der Waals surface area contributed by atoms with Crippen molar-refractivity contribution in [3.63, 3.8) is 0 Å². The summed E-state index contributed by atoms with van der Waals surface area (Å²) in [6.45, 7) is 4.78. The van der Waals surface area contributed by atoms with Crippen LogP contribution in [0, 0.1) is 0 Å². The van der Waals surface area contributed by atoms with Crippen molar-refractivity contribution in [3.8, 4) is 0 Å². The van der Waals surface area contributed by atoms with Crippen molar-refractivity contribution in [2.75, 3.05) is 45.6 Å². The Morgan fingerprint density at radius 2 is 2.28 bits per heavy atom. The first-order chi connectivity index (χ1) is 11.9. The molecule has 1 aromatic heterocycles. The Bertz CT molecular complexity index is 673. The second-order valence-corrected chi connectivity index (χ2v) is 7.97. The molecule has 1 unspecified atom stereocenters. The highest BCUT2D eigenvalue weighted by Crippen LogP contribution is 2.21. The van der Waals surface area contributed by atoms with Gasteiger partial charge in [0, 0.05) is 45.5 Å². The molecule has 0 amide bonds. The Kier molecular flexibility index (Phi) is 7.21. The summed E-state index contributed by atoms with van der Waals surface area (Å²) < 4.78 is 32.9. The number of guanidine groups is 1. The molecule has 0 radical (unpaired) electrons. The summed E-state index contributed by atoms with van der Waals surface area (Å²) in [6, 6.07) is 0. The SMILES string of the molecule is CCS(=O)(=O)NCCCNC(=NC)N1CCOC(c2cnn(C)c2)C1. The number of rotatable bonds is 7. The fraction of sp³-hybridized carbons (Fsp3) is 0.733. The van der Waals surface area contributed by atoms with Crippen LogP contribution < -0.4 is 10.0 Å². The largest absolute Gasteiger partial charge is 0.370 e. The number of sulfonamides is 1. The van der Waals surface area contributed by atoms with Crippen LogP contribution in [0.4, 0.5) is 0 Å². The minimum Gasteiger partial charge on any atom is -0.370 e. The van der Waals surface area contributed by atoms with E-state index in [2.05, 4.69) is 25.0 Å². The van der Waals surface area contributed by atoms with Gasteiger partial charge in [0.2, 0.25) is 10.0 Å².